The van der Waals surface area contributed by atoms with Crippen molar-refractivity contribution >= 4 is 22.4 Å². The van der Waals surface area contributed by atoms with Gasteiger partial charge in [0.25, 0.3) is 5.91 Å². The van der Waals surface area contributed by atoms with E-state index >= 15 is 0 Å². The van der Waals surface area contributed by atoms with E-state index in [1.165, 1.54) is 0 Å². The molecule has 0 saturated carbocycles. The van der Waals surface area contributed by atoms with Crippen LogP contribution in [0.3, 0.4) is 0 Å². The van der Waals surface area contributed by atoms with Gasteiger partial charge in [0.2, 0.25) is 0 Å². The van der Waals surface area contributed by atoms with Crippen molar-refractivity contribution in [2.24, 2.45) is 0 Å². The fourth-order valence-electron chi connectivity index (χ4n) is 1.83. The van der Waals surface area contributed by atoms with Crippen LogP contribution >= 0.6 is 0 Å². The number of hydrogen-bond donors (Lipinski definition) is 2. The second-order valence-electron chi connectivity index (χ2n) is 4.96. The molecule has 3 N–H and O–H groups in total. The molecule has 106 valence electrons. The smallest absolute Gasteiger partial charge is 0.251 e. The summed E-state index contributed by atoms with van der Waals surface area (Å²) in [6.07, 6.45) is 2.37. The van der Waals surface area contributed by atoms with E-state index in [4.69, 9.17) is 5.73 Å². The average molecular weight is 282 g/mol. The number of nitrogen functional groups attached to an aromatic ring is 1. The maximum absolute atomic E-state index is 12.1. The van der Waals surface area contributed by atoms with Gasteiger partial charge in [-0.2, -0.15) is 0 Å². The molecule has 1 rings (SSSR count). The molecule has 19 heavy (non-hydrogen) atoms. The fourth-order valence-corrected chi connectivity index (χ4v) is 2.52. The van der Waals surface area contributed by atoms with Gasteiger partial charge in [0.1, 0.15) is 0 Å². The van der Waals surface area contributed by atoms with Gasteiger partial charge in [-0.15, -0.1) is 0 Å². The predicted molar refractivity (Wildman–Crippen MR) is 80.8 cm³/mol. The van der Waals surface area contributed by atoms with Crippen LogP contribution in [0.4, 0.5) is 5.69 Å². The van der Waals surface area contributed by atoms with Crippen LogP contribution in [0.5, 0.6) is 0 Å². The summed E-state index contributed by atoms with van der Waals surface area (Å²) in [6.45, 7) is 5.73. The molecule has 2 unspecified atom stereocenters. The molecule has 1 amide bonds. The summed E-state index contributed by atoms with van der Waals surface area (Å²) in [5, 5.41) is 2.91. The molecule has 5 heteroatoms. The van der Waals surface area contributed by atoms with Crippen LogP contribution < -0.4 is 11.1 Å². The number of nitrogens with one attached hydrogen (secondary N) is 1. The Labute approximate surface area is 117 Å². The van der Waals surface area contributed by atoms with E-state index in [9.17, 15) is 9.00 Å². The first-order valence-electron chi connectivity index (χ1n) is 6.29. The molecule has 0 bridgehead atoms. The zero-order valence-corrected chi connectivity index (χ0v) is 12.8. The van der Waals surface area contributed by atoms with Gasteiger partial charge in [-0.3, -0.25) is 9.00 Å². The molecule has 0 aliphatic carbocycles. The first-order chi connectivity index (χ1) is 8.81. The van der Waals surface area contributed by atoms with E-state index in [1.807, 2.05) is 26.8 Å². The summed E-state index contributed by atoms with van der Waals surface area (Å²) in [6, 6.07) is 3.62. The molecule has 0 aromatic heterocycles. The summed E-state index contributed by atoms with van der Waals surface area (Å²) in [5.74, 6) is 0.467. The lowest BCUT2D eigenvalue weighted by Crippen LogP contribution is -2.34. The Balaban J connectivity index is 2.73. The van der Waals surface area contributed by atoms with Crippen molar-refractivity contribution in [3.05, 3.63) is 28.8 Å². The number of aryl methyl sites for hydroxylation is 2. The number of nitrogens with two attached hydrogens (primary N) is 1. The van der Waals surface area contributed by atoms with Crippen molar-refractivity contribution in [2.75, 3.05) is 17.7 Å². The first-order valence-corrected chi connectivity index (χ1v) is 8.01. The lowest BCUT2D eigenvalue weighted by Gasteiger charge is -2.15. The van der Waals surface area contributed by atoms with Gasteiger partial charge in [0, 0.05) is 40.1 Å². The molecule has 0 fully saturated rings. The lowest BCUT2D eigenvalue weighted by atomic mass is 10.0. The minimum absolute atomic E-state index is 0.00155. The number of carbonyl (C=O) groups excluding carboxylic acids is 1. The normalized spacial score (nSPS) is 13.9. The first kappa shape index (κ1) is 15.7. The zero-order valence-electron chi connectivity index (χ0n) is 11.9. The summed E-state index contributed by atoms with van der Waals surface area (Å²) in [7, 11) is -0.828. The van der Waals surface area contributed by atoms with Gasteiger partial charge >= 0.3 is 0 Å². The Bertz CT molecular complexity index is 500. The van der Waals surface area contributed by atoms with E-state index in [-0.39, 0.29) is 11.9 Å². The summed E-state index contributed by atoms with van der Waals surface area (Å²) < 4.78 is 11.0. The van der Waals surface area contributed by atoms with Gasteiger partial charge in [0.15, 0.2) is 0 Å². The van der Waals surface area contributed by atoms with Gasteiger partial charge < -0.3 is 11.1 Å². The minimum Gasteiger partial charge on any atom is -0.398 e. The average Bonchev–Trinajstić information content (AvgIpc) is 2.31. The third kappa shape index (κ3) is 4.67. The van der Waals surface area contributed by atoms with Crippen LogP contribution in [-0.4, -0.2) is 28.2 Å². The molecule has 0 radical (unpaired) electrons. The van der Waals surface area contributed by atoms with Crippen LogP contribution in [0.2, 0.25) is 0 Å². The topological polar surface area (TPSA) is 72.2 Å². The zero-order chi connectivity index (χ0) is 14.6. The highest BCUT2D eigenvalue weighted by Gasteiger charge is 2.13. The van der Waals surface area contributed by atoms with Crippen LogP contribution in [0.25, 0.3) is 0 Å². The molecule has 0 saturated heterocycles. The quantitative estimate of drug-likeness (QED) is 0.809. The van der Waals surface area contributed by atoms with E-state index < -0.39 is 10.8 Å². The molecule has 2 atom stereocenters. The number of rotatable bonds is 5. The largest absolute Gasteiger partial charge is 0.398 e. The van der Waals surface area contributed by atoms with Crippen molar-refractivity contribution in [1.82, 2.24) is 5.32 Å². The van der Waals surface area contributed by atoms with Gasteiger partial charge in [-0.05, 0) is 44.4 Å². The Kier molecular flexibility index (Phi) is 5.54. The number of anilines is 1. The van der Waals surface area contributed by atoms with E-state index in [0.29, 0.717) is 23.4 Å². The highest BCUT2D eigenvalue weighted by atomic mass is 32.2. The Morgan fingerprint density at radius 3 is 2.58 bits per heavy atom. The number of hydrogen-bond acceptors (Lipinski definition) is 3. The van der Waals surface area contributed by atoms with Crippen molar-refractivity contribution < 1.29 is 9.00 Å². The minimum atomic E-state index is -0.828. The van der Waals surface area contributed by atoms with Crippen molar-refractivity contribution in [3.63, 3.8) is 0 Å². The Morgan fingerprint density at radius 2 is 2.00 bits per heavy atom. The van der Waals surface area contributed by atoms with E-state index in [2.05, 4.69) is 5.32 Å². The molecule has 1 aromatic carbocycles. The predicted octanol–water partition coefficient (Wildman–Crippen LogP) is 1.77. The maximum atomic E-state index is 12.1. The molecule has 0 spiro atoms. The van der Waals surface area contributed by atoms with E-state index in [1.54, 1.807) is 12.3 Å². The molecular weight excluding hydrogens is 260 g/mol. The Morgan fingerprint density at radius 1 is 1.37 bits per heavy atom. The van der Waals surface area contributed by atoms with Crippen molar-refractivity contribution in [2.45, 2.75) is 33.2 Å². The Hall–Kier alpha value is -1.36. The third-order valence-electron chi connectivity index (χ3n) is 3.07. The maximum Gasteiger partial charge on any atom is 0.251 e. The molecule has 1 aromatic rings. The second-order valence-corrected chi connectivity index (χ2v) is 6.52. The monoisotopic (exact) mass is 282 g/mol. The lowest BCUT2D eigenvalue weighted by molar-refractivity contribution is 0.0939. The third-order valence-corrected chi connectivity index (χ3v) is 3.88. The summed E-state index contributed by atoms with van der Waals surface area (Å²) in [4.78, 5) is 12.1. The molecule has 0 aliphatic rings. The molecule has 0 aliphatic heterocycles. The molecular formula is C14H22N2O2S. The van der Waals surface area contributed by atoms with Crippen LogP contribution in [0.15, 0.2) is 12.1 Å². The standard InChI is InChI=1S/C14H22N2O2S/c1-9-7-10(2)13(15)8-12(9)14(17)16-11(3)5-6-19(4)18/h7-8,11H,5-6,15H2,1-4H3,(H,16,17). The highest BCUT2D eigenvalue weighted by Crippen LogP contribution is 2.17. The van der Waals surface area contributed by atoms with Gasteiger partial charge in [0.05, 0.1) is 0 Å². The summed E-state index contributed by atoms with van der Waals surface area (Å²) >= 11 is 0. The highest BCUT2D eigenvalue weighted by molar-refractivity contribution is 7.84. The second kappa shape index (κ2) is 6.70. The molecule has 4 nitrogen and oxygen atoms in total. The van der Waals surface area contributed by atoms with Gasteiger partial charge in [-0.25, -0.2) is 0 Å². The van der Waals surface area contributed by atoms with Crippen molar-refractivity contribution in [1.29, 1.82) is 0 Å². The number of carbonyl (C=O) groups is 1. The fraction of sp³-hybridized carbons (Fsp3) is 0.500. The summed E-state index contributed by atoms with van der Waals surface area (Å²) in [5.41, 5.74) is 8.95. The molecule has 0 heterocycles. The van der Waals surface area contributed by atoms with Crippen molar-refractivity contribution in [3.8, 4) is 0 Å². The number of benzene rings is 1. The SMILES string of the molecule is Cc1cc(C)c(C(=O)NC(C)CCS(C)=O)cc1N. The number of amides is 1. The van der Waals surface area contributed by atoms with E-state index in [0.717, 1.165) is 11.1 Å². The van der Waals surface area contributed by atoms with Crippen LogP contribution in [0, 0.1) is 13.8 Å². The van der Waals surface area contributed by atoms with Crippen LogP contribution in [0.1, 0.15) is 34.8 Å². The van der Waals surface area contributed by atoms with Crippen LogP contribution in [-0.2, 0) is 10.8 Å². The van der Waals surface area contributed by atoms with Gasteiger partial charge in [-0.1, -0.05) is 6.07 Å².